The highest BCUT2D eigenvalue weighted by atomic mass is 16.3. The highest BCUT2D eigenvalue weighted by Crippen LogP contribution is 2.48. The molecule has 1 aliphatic heterocycles. The third kappa shape index (κ3) is 3.12. The van der Waals surface area contributed by atoms with Crippen molar-refractivity contribution in [1.82, 2.24) is 15.2 Å². The highest BCUT2D eigenvalue weighted by molar-refractivity contribution is 5.97. The first-order valence-electron chi connectivity index (χ1n) is 10.2. The molecule has 2 aliphatic rings. The SMILES string of the molecule is Cc1cccc(CC(=O)NC2CCC23CN(C(=O)c2cc4oc(C)cc4[nH]2)C3)c1. The van der Waals surface area contributed by atoms with Crippen molar-refractivity contribution in [3.63, 3.8) is 0 Å². The zero-order valence-electron chi connectivity index (χ0n) is 16.7. The van der Waals surface area contributed by atoms with Gasteiger partial charge in [0.1, 0.15) is 11.5 Å². The van der Waals surface area contributed by atoms with Gasteiger partial charge in [0, 0.05) is 36.7 Å². The Labute approximate surface area is 169 Å². The van der Waals surface area contributed by atoms with Crippen LogP contribution in [-0.4, -0.2) is 40.8 Å². The summed E-state index contributed by atoms with van der Waals surface area (Å²) in [5.41, 5.74) is 4.37. The van der Waals surface area contributed by atoms with Crippen LogP contribution in [0, 0.1) is 19.3 Å². The quantitative estimate of drug-likeness (QED) is 0.716. The first-order valence-corrected chi connectivity index (χ1v) is 10.2. The summed E-state index contributed by atoms with van der Waals surface area (Å²) in [5.74, 6) is 0.882. The summed E-state index contributed by atoms with van der Waals surface area (Å²) < 4.78 is 5.57. The third-order valence-corrected chi connectivity index (χ3v) is 6.41. The van der Waals surface area contributed by atoms with Gasteiger partial charge in [0.15, 0.2) is 5.58 Å². The second-order valence-corrected chi connectivity index (χ2v) is 8.67. The Kier molecular flexibility index (Phi) is 4.05. The summed E-state index contributed by atoms with van der Waals surface area (Å²) in [6.07, 6.45) is 2.44. The number of H-pyrrole nitrogens is 1. The van der Waals surface area contributed by atoms with E-state index in [1.165, 1.54) is 0 Å². The van der Waals surface area contributed by atoms with Gasteiger partial charge in [-0.1, -0.05) is 29.8 Å². The average Bonchev–Trinajstić information content (AvgIpc) is 3.15. The number of likely N-dealkylation sites (tertiary alicyclic amines) is 1. The monoisotopic (exact) mass is 391 g/mol. The first-order chi connectivity index (χ1) is 13.9. The molecule has 5 rings (SSSR count). The van der Waals surface area contributed by atoms with Crippen molar-refractivity contribution in [3.8, 4) is 0 Å². The van der Waals surface area contributed by atoms with Gasteiger partial charge in [-0.05, 0) is 32.3 Å². The molecule has 1 saturated carbocycles. The smallest absolute Gasteiger partial charge is 0.270 e. The second kappa shape index (κ2) is 6.51. The maximum absolute atomic E-state index is 12.8. The van der Waals surface area contributed by atoms with Crippen molar-refractivity contribution in [3.05, 3.63) is 59.0 Å². The van der Waals surface area contributed by atoms with Crippen molar-refractivity contribution >= 4 is 22.9 Å². The lowest BCUT2D eigenvalue weighted by Gasteiger charge is -2.60. The van der Waals surface area contributed by atoms with E-state index < -0.39 is 0 Å². The fourth-order valence-corrected chi connectivity index (χ4v) is 4.75. The van der Waals surface area contributed by atoms with Crippen LogP contribution in [-0.2, 0) is 11.2 Å². The van der Waals surface area contributed by atoms with E-state index in [9.17, 15) is 9.59 Å². The minimum Gasteiger partial charge on any atom is -0.460 e. The van der Waals surface area contributed by atoms with Crippen LogP contribution in [0.4, 0.5) is 0 Å². The summed E-state index contributed by atoms with van der Waals surface area (Å²) >= 11 is 0. The molecule has 29 heavy (non-hydrogen) atoms. The van der Waals surface area contributed by atoms with E-state index in [-0.39, 0.29) is 23.3 Å². The van der Waals surface area contributed by atoms with E-state index in [2.05, 4.69) is 10.3 Å². The molecule has 0 bridgehead atoms. The largest absolute Gasteiger partial charge is 0.460 e. The first kappa shape index (κ1) is 18.0. The summed E-state index contributed by atoms with van der Waals surface area (Å²) in [6.45, 7) is 5.31. The number of hydrogen-bond acceptors (Lipinski definition) is 3. The number of furan rings is 1. The summed E-state index contributed by atoms with van der Waals surface area (Å²) in [7, 11) is 0. The van der Waals surface area contributed by atoms with E-state index in [1.54, 1.807) is 6.07 Å². The molecule has 1 aromatic carbocycles. The Hall–Kier alpha value is -3.02. The fraction of sp³-hybridized carbons (Fsp3) is 0.391. The molecule has 2 N–H and O–H groups in total. The van der Waals surface area contributed by atoms with Crippen LogP contribution >= 0.6 is 0 Å². The second-order valence-electron chi connectivity index (χ2n) is 8.67. The zero-order valence-corrected chi connectivity index (χ0v) is 16.7. The molecule has 6 heteroatoms. The van der Waals surface area contributed by atoms with Crippen molar-refractivity contribution in [2.45, 2.75) is 39.2 Å². The molecular formula is C23H25N3O3. The summed E-state index contributed by atoms with van der Waals surface area (Å²) in [4.78, 5) is 30.3. The number of aromatic amines is 1. The molecule has 6 nitrogen and oxygen atoms in total. The van der Waals surface area contributed by atoms with Gasteiger partial charge in [-0.3, -0.25) is 9.59 Å². The molecular weight excluding hydrogens is 366 g/mol. The fourth-order valence-electron chi connectivity index (χ4n) is 4.75. The molecule has 150 valence electrons. The van der Waals surface area contributed by atoms with Gasteiger partial charge in [-0.25, -0.2) is 0 Å². The third-order valence-electron chi connectivity index (χ3n) is 6.41. The van der Waals surface area contributed by atoms with Crippen molar-refractivity contribution in [1.29, 1.82) is 0 Å². The molecule has 3 heterocycles. The maximum Gasteiger partial charge on any atom is 0.270 e. The number of aryl methyl sites for hydroxylation is 2. The molecule has 2 amide bonds. The van der Waals surface area contributed by atoms with Gasteiger partial charge < -0.3 is 19.6 Å². The van der Waals surface area contributed by atoms with Crippen molar-refractivity contribution in [2.75, 3.05) is 13.1 Å². The summed E-state index contributed by atoms with van der Waals surface area (Å²) in [6, 6.07) is 11.9. The Bertz CT molecular complexity index is 1070. The minimum absolute atomic E-state index is 0.00332. The number of carbonyl (C=O) groups is 2. The van der Waals surface area contributed by atoms with Crippen LogP contribution < -0.4 is 5.32 Å². The van der Waals surface area contributed by atoms with Gasteiger partial charge in [0.25, 0.3) is 5.91 Å². The average molecular weight is 391 g/mol. The van der Waals surface area contributed by atoms with Crippen LogP contribution in [0.15, 0.2) is 40.8 Å². The number of aromatic nitrogens is 1. The standard InChI is InChI=1S/C23H25N3O3/c1-14-4-3-5-16(8-14)10-21(27)25-20-6-7-23(20)12-26(13-23)22(28)18-11-19-17(24-18)9-15(2)29-19/h3-5,8-9,11,20,24H,6-7,10,12-13H2,1-2H3,(H,25,27). The normalized spacial score (nSPS) is 19.8. The maximum atomic E-state index is 12.8. The minimum atomic E-state index is -0.00332. The number of hydrogen-bond donors (Lipinski definition) is 2. The van der Waals surface area contributed by atoms with Gasteiger partial charge in [-0.2, -0.15) is 0 Å². The van der Waals surface area contributed by atoms with Gasteiger partial charge in [0.05, 0.1) is 11.9 Å². The number of amides is 2. The van der Waals surface area contributed by atoms with Crippen LogP contribution in [0.1, 0.15) is 40.2 Å². The summed E-state index contributed by atoms with van der Waals surface area (Å²) in [5, 5.41) is 3.20. The van der Waals surface area contributed by atoms with E-state index in [1.807, 2.05) is 49.1 Å². The molecule has 1 atom stereocenters. The van der Waals surface area contributed by atoms with Gasteiger partial charge in [-0.15, -0.1) is 0 Å². The van der Waals surface area contributed by atoms with E-state index in [0.717, 1.165) is 35.2 Å². The molecule has 2 fully saturated rings. The predicted octanol–water partition coefficient (Wildman–Crippen LogP) is 3.34. The number of rotatable bonds is 4. The molecule has 3 aromatic rings. The lowest BCUT2D eigenvalue weighted by atomic mass is 9.59. The van der Waals surface area contributed by atoms with Gasteiger partial charge >= 0.3 is 0 Å². The van der Waals surface area contributed by atoms with Crippen LogP contribution in [0.2, 0.25) is 0 Å². The lowest BCUT2D eigenvalue weighted by Crippen LogP contribution is -2.71. The van der Waals surface area contributed by atoms with Crippen LogP contribution in [0.25, 0.3) is 11.1 Å². The lowest BCUT2D eigenvalue weighted by molar-refractivity contribution is -0.128. The van der Waals surface area contributed by atoms with Crippen LogP contribution in [0.3, 0.4) is 0 Å². The molecule has 0 radical (unpaired) electrons. The molecule has 1 aliphatic carbocycles. The Balaban J connectivity index is 1.18. The highest BCUT2D eigenvalue weighted by Gasteiger charge is 2.56. The Morgan fingerprint density at radius 3 is 2.76 bits per heavy atom. The Morgan fingerprint density at radius 2 is 2.07 bits per heavy atom. The number of carbonyl (C=O) groups excluding carboxylic acids is 2. The van der Waals surface area contributed by atoms with E-state index in [4.69, 9.17) is 4.42 Å². The molecule has 1 spiro atoms. The van der Waals surface area contributed by atoms with Gasteiger partial charge in [0.2, 0.25) is 5.91 Å². The molecule has 2 aromatic heterocycles. The number of nitrogens with zero attached hydrogens (tertiary/aromatic N) is 1. The molecule has 1 saturated heterocycles. The van der Waals surface area contributed by atoms with Crippen molar-refractivity contribution < 1.29 is 14.0 Å². The van der Waals surface area contributed by atoms with E-state index in [0.29, 0.717) is 30.8 Å². The Morgan fingerprint density at radius 1 is 1.24 bits per heavy atom. The van der Waals surface area contributed by atoms with Crippen LogP contribution in [0.5, 0.6) is 0 Å². The predicted molar refractivity (Wildman–Crippen MR) is 110 cm³/mol. The topological polar surface area (TPSA) is 78.3 Å². The zero-order chi connectivity index (χ0) is 20.2. The number of benzene rings is 1. The number of fused-ring (bicyclic) bond motifs is 1. The molecule has 1 unspecified atom stereocenters. The van der Waals surface area contributed by atoms with Crippen molar-refractivity contribution in [2.24, 2.45) is 5.41 Å². The van der Waals surface area contributed by atoms with E-state index >= 15 is 0 Å². The number of nitrogens with one attached hydrogen (secondary N) is 2.